The molecule has 0 aromatic rings. The minimum atomic E-state index is 0.0124. The summed E-state index contributed by atoms with van der Waals surface area (Å²) < 4.78 is 0. The number of carbonyl (C=O) groups is 2. The maximum absolute atomic E-state index is 10.4. The molecule has 0 fully saturated rings. The molecule has 0 unspecified atom stereocenters. The van der Waals surface area contributed by atoms with Crippen LogP contribution in [-0.4, -0.2) is 12.1 Å². The molecule has 0 atom stereocenters. The van der Waals surface area contributed by atoms with Crippen LogP contribution in [0.15, 0.2) is 36.0 Å². The summed E-state index contributed by atoms with van der Waals surface area (Å²) in [5.41, 5.74) is 0.930. The topological polar surface area (TPSA) is 34.1 Å². The van der Waals surface area contributed by atoms with Gasteiger partial charge in [0, 0.05) is 0 Å². The van der Waals surface area contributed by atoms with Gasteiger partial charge in [0.2, 0.25) is 0 Å². The Kier molecular flexibility index (Phi) is 5.53. The van der Waals surface area contributed by atoms with E-state index in [0.717, 1.165) is 5.57 Å². The quantitative estimate of drug-likeness (QED) is 0.361. The van der Waals surface area contributed by atoms with Crippen LogP contribution in [0.1, 0.15) is 13.8 Å². The van der Waals surface area contributed by atoms with Crippen LogP contribution in [0.5, 0.6) is 0 Å². The smallest absolute Gasteiger partial charge is 0.152 e. The molecule has 0 saturated heterocycles. The molecule has 64 valence electrons. The fraction of sp³-hybridized carbons (Fsp3) is 0.200. The van der Waals surface area contributed by atoms with Gasteiger partial charge in [0.05, 0.1) is 0 Å². The number of carbonyl (C=O) groups excluding carboxylic acids is 2. The Morgan fingerprint density at radius 2 is 1.75 bits per heavy atom. The summed E-state index contributed by atoms with van der Waals surface area (Å²) in [5, 5.41) is 0. The fourth-order valence-corrected chi connectivity index (χ4v) is 0.582. The first-order valence-corrected chi connectivity index (χ1v) is 3.64. The van der Waals surface area contributed by atoms with Crippen molar-refractivity contribution < 1.29 is 9.59 Å². The Morgan fingerprint density at radius 1 is 1.08 bits per heavy atom. The summed E-state index contributed by atoms with van der Waals surface area (Å²) in [5.74, 6) is 0.0124. The minimum absolute atomic E-state index is 0.0124. The van der Waals surface area contributed by atoms with E-state index in [1.807, 2.05) is 6.92 Å². The first kappa shape index (κ1) is 10.6. The van der Waals surface area contributed by atoms with Crippen molar-refractivity contribution in [2.75, 3.05) is 0 Å². The third kappa shape index (κ3) is 6.68. The van der Waals surface area contributed by atoms with Crippen LogP contribution in [0.2, 0.25) is 0 Å². The van der Waals surface area contributed by atoms with Gasteiger partial charge >= 0.3 is 0 Å². The molecular formula is C10H12O2. The third-order valence-electron chi connectivity index (χ3n) is 1.13. The van der Waals surface area contributed by atoms with E-state index < -0.39 is 0 Å². The van der Waals surface area contributed by atoms with Crippen molar-refractivity contribution in [2.45, 2.75) is 13.8 Å². The van der Waals surface area contributed by atoms with E-state index in [2.05, 4.69) is 0 Å². The summed E-state index contributed by atoms with van der Waals surface area (Å²) in [6, 6.07) is 0. The number of hydrogen-bond donors (Lipinski definition) is 0. The van der Waals surface area contributed by atoms with E-state index in [9.17, 15) is 9.59 Å². The second-order valence-corrected chi connectivity index (χ2v) is 2.38. The Balaban J connectivity index is 4.08. The monoisotopic (exact) mass is 164 g/mol. The highest BCUT2D eigenvalue weighted by atomic mass is 16.1. The molecule has 0 aliphatic rings. The Hall–Kier alpha value is -1.44. The molecule has 2 nitrogen and oxygen atoms in total. The van der Waals surface area contributed by atoms with Crippen LogP contribution in [0, 0.1) is 0 Å². The van der Waals surface area contributed by atoms with Crippen LogP contribution in [0.4, 0.5) is 0 Å². The van der Waals surface area contributed by atoms with Gasteiger partial charge in [-0.15, -0.1) is 0 Å². The Labute approximate surface area is 72.3 Å². The molecule has 0 spiro atoms. The molecule has 0 bridgehead atoms. The van der Waals surface area contributed by atoms with E-state index in [1.165, 1.54) is 19.1 Å². The average Bonchev–Trinajstić information content (AvgIpc) is 2.00. The lowest BCUT2D eigenvalue weighted by atomic mass is 10.2. The van der Waals surface area contributed by atoms with E-state index in [-0.39, 0.29) is 5.78 Å². The van der Waals surface area contributed by atoms with E-state index in [4.69, 9.17) is 0 Å². The Bertz CT molecular complexity index is 245. The first-order valence-electron chi connectivity index (χ1n) is 3.64. The van der Waals surface area contributed by atoms with Crippen molar-refractivity contribution in [3.8, 4) is 0 Å². The van der Waals surface area contributed by atoms with Crippen molar-refractivity contribution >= 4 is 12.1 Å². The lowest BCUT2D eigenvalue weighted by molar-refractivity contribution is -0.112. The molecule has 0 aromatic heterocycles. The zero-order chi connectivity index (χ0) is 9.40. The average molecular weight is 164 g/mol. The number of rotatable bonds is 4. The number of ketones is 1. The van der Waals surface area contributed by atoms with Gasteiger partial charge in [0.1, 0.15) is 6.29 Å². The van der Waals surface area contributed by atoms with Gasteiger partial charge in [-0.25, -0.2) is 0 Å². The molecular weight excluding hydrogens is 152 g/mol. The van der Waals surface area contributed by atoms with Crippen LogP contribution >= 0.6 is 0 Å². The van der Waals surface area contributed by atoms with Gasteiger partial charge in [-0.2, -0.15) is 0 Å². The molecule has 0 aromatic carbocycles. The van der Waals surface area contributed by atoms with Crippen LogP contribution in [0.3, 0.4) is 0 Å². The zero-order valence-electron chi connectivity index (χ0n) is 7.28. The SMILES string of the molecule is CC(=O)/C=C/C=C(C)/C=C/C=O. The van der Waals surface area contributed by atoms with Gasteiger partial charge in [-0.1, -0.05) is 23.8 Å². The summed E-state index contributed by atoms with van der Waals surface area (Å²) in [6.45, 7) is 3.34. The molecule has 0 heterocycles. The van der Waals surface area contributed by atoms with Gasteiger partial charge in [0.15, 0.2) is 5.78 Å². The van der Waals surface area contributed by atoms with Gasteiger partial charge in [-0.05, 0) is 26.0 Å². The Morgan fingerprint density at radius 3 is 2.25 bits per heavy atom. The zero-order valence-corrected chi connectivity index (χ0v) is 7.28. The molecule has 0 N–H and O–H groups in total. The summed E-state index contributed by atoms with van der Waals surface area (Å²) >= 11 is 0. The number of hydrogen-bond acceptors (Lipinski definition) is 2. The molecule has 0 rings (SSSR count). The largest absolute Gasteiger partial charge is 0.299 e. The molecule has 0 aliphatic heterocycles. The third-order valence-corrected chi connectivity index (χ3v) is 1.13. The number of aldehydes is 1. The van der Waals surface area contributed by atoms with Crippen molar-refractivity contribution in [1.29, 1.82) is 0 Å². The molecule has 12 heavy (non-hydrogen) atoms. The normalized spacial score (nSPS) is 12.7. The highest BCUT2D eigenvalue weighted by Gasteiger charge is 1.79. The summed E-state index contributed by atoms with van der Waals surface area (Å²) in [4.78, 5) is 20.4. The summed E-state index contributed by atoms with van der Waals surface area (Å²) in [7, 11) is 0. The number of allylic oxidation sites excluding steroid dienone is 6. The predicted octanol–water partition coefficient (Wildman–Crippen LogP) is 1.83. The first-order chi connectivity index (χ1) is 5.66. The molecule has 0 saturated carbocycles. The van der Waals surface area contributed by atoms with Crippen molar-refractivity contribution in [2.24, 2.45) is 0 Å². The van der Waals surface area contributed by atoms with Crippen molar-refractivity contribution in [3.63, 3.8) is 0 Å². The van der Waals surface area contributed by atoms with Gasteiger partial charge in [-0.3, -0.25) is 9.59 Å². The van der Waals surface area contributed by atoms with Crippen molar-refractivity contribution in [1.82, 2.24) is 0 Å². The molecule has 0 amide bonds. The highest BCUT2D eigenvalue weighted by Crippen LogP contribution is 1.94. The summed E-state index contributed by atoms with van der Waals surface area (Å²) in [6.07, 6.45) is 8.70. The van der Waals surface area contributed by atoms with Crippen LogP contribution in [0.25, 0.3) is 0 Å². The van der Waals surface area contributed by atoms with E-state index in [0.29, 0.717) is 6.29 Å². The lowest BCUT2D eigenvalue weighted by Crippen LogP contribution is -1.78. The highest BCUT2D eigenvalue weighted by molar-refractivity contribution is 5.87. The maximum Gasteiger partial charge on any atom is 0.152 e. The standard InChI is InChI=1S/C10H12O2/c1-9(6-4-8-11)5-3-7-10(2)12/h3-8H,1-2H3/b6-4+,7-3+,9-5+. The minimum Gasteiger partial charge on any atom is -0.299 e. The second kappa shape index (κ2) is 6.28. The molecule has 0 radical (unpaired) electrons. The predicted molar refractivity (Wildman–Crippen MR) is 48.8 cm³/mol. The fourth-order valence-electron chi connectivity index (χ4n) is 0.582. The molecule has 0 aliphatic carbocycles. The molecule has 2 heteroatoms. The van der Waals surface area contributed by atoms with Gasteiger partial charge < -0.3 is 0 Å². The van der Waals surface area contributed by atoms with Crippen molar-refractivity contribution in [3.05, 3.63) is 36.0 Å². The van der Waals surface area contributed by atoms with Crippen LogP contribution < -0.4 is 0 Å². The lowest BCUT2D eigenvalue weighted by Gasteiger charge is -1.84. The van der Waals surface area contributed by atoms with Crippen LogP contribution in [-0.2, 0) is 9.59 Å². The second-order valence-electron chi connectivity index (χ2n) is 2.38. The van der Waals surface area contributed by atoms with E-state index in [1.54, 1.807) is 18.2 Å². The van der Waals surface area contributed by atoms with E-state index >= 15 is 0 Å². The maximum atomic E-state index is 10.4. The van der Waals surface area contributed by atoms with Gasteiger partial charge in [0.25, 0.3) is 0 Å².